The Balaban J connectivity index is 0.000000162. The second-order valence-corrected chi connectivity index (χ2v) is 6.28. The molecule has 2 amide bonds. The highest BCUT2D eigenvalue weighted by Crippen LogP contribution is 2.38. The molecule has 0 saturated heterocycles. The molecule has 150 valence electrons. The summed E-state index contributed by atoms with van der Waals surface area (Å²) in [5.41, 5.74) is 5.72. The molecule has 1 aromatic carbocycles. The molecule has 2 aromatic rings. The molecule has 11 heteroatoms. The van der Waals surface area contributed by atoms with Gasteiger partial charge in [-0.25, -0.2) is 9.67 Å². The predicted molar refractivity (Wildman–Crippen MR) is 91.9 cm³/mol. The number of hydrogen-bond acceptors (Lipinski definition) is 5. The number of hydrogen-bond donors (Lipinski definition) is 1. The van der Waals surface area contributed by atoms with Gasteiger partial charge >= 0.3 is 6.18 Å². The lowest BCUT2D eigenvalue weighted by Gasteiger charge is -2.15. The number of fused-ring (bicyclic) bond motifs is 2. The smallest absolute Gasteiger partial charge is 0.410 e. The Labute approximate surface area is 158 Å². The number of rotatable bonds is 1. The van der Waals surface area contributed by atoms with Crippen molar-refractivity contribution < 1.29 is 27.5 Å². The molecule has 1 atom stereocenters. The number of para-hydroxylation sites is 2. The second kappa shape index (κ2) is 7.49. The van der Waals surface area contributed by atoms with Gasteiger partial charge in [0, 0.05) is 13.5 Å². The summed E-state index contributed by atoms with van der Waals surface area (Å²) in [5.74, 6) is -0.233. The second-order valence-electron chi connectivity index (χ2n) is 6.28. The minimum absolute atomic E-state index is 0.0854. The van der Waals surface area contributed by atoms with Crippen LogP contribution in [0.5, 0.6) is 5.75 Å². The first-order valence-corrected chi connectivity index (χ1v) is 8.49. The van der Waals surface area contributed by atoms with E-state index < -0.39 is 18.1 Å². The van der Waals surface area contributed by atoms with Crippen LogP contribution in [-0.2, 0) is 11.2 Å². The van der Waals surface area contributed by atoms with Gasteiger partial charge in [0.25, 0.3) is 5.91 Å². The van der Waals surface area contributed by atoms with Crippen molar-refractivity contribution in [2.75, 3.05) is 18.6 Å². The van der Waals surface area contributed by atoms with E-state index in [1.165, 1.54) is 0 Å². The summed E-state index contributed by atoms with van der Waals surface area (Å²) in [6.45, 7) is 0.472. The van der Waals surface area contributed by atoms with Crippen LogP contribution in [0.4, 0.5) is 18.9 Å². The van der Waals surface area contributed by atoms with Crippen LogP contribution in [0, 0.1) is 0 Å². The van der Waals surface area contributed by atoms with Gasteiger partial charge in [0.05, 0.1) is 18.7 Å². The zero-order valence-corrected chi connectivity index (χ0v) is 14.9. The highest BCUT2D eigenvalue weighted by atomic mass is 19.4. The number of alkyl halides is 3. The normalized spacial score (nSPS) is 18.4. The van der Waals surface area contributed by atoms with E-state index in [0.29, 0.717) is 13.0 Å². The van der Waals surface area contributed by atoms with Crippen LogP contribution >= 0.6 is 0 Å². The Hall–Kier alpha value is -3.11. The van der Waals surface area contributed by atoms with E-state index in [1.54, 1.807) is 11.9 Å². The number of amides is 2. The van der Waals surface area contributed by atoms with Crippen LogP contribution < -0.4 is 15.4 Å². The van der Waals surface area contributed by atoms with E-state index in [-0.39, 0.29) is 30.4 Å². The summed E-state index contributed by atoms with van der Waals surface area (Å²) in [6, 6.07) is 5.89. The lowest BCUT2D eigenvalue weighted by atomic mass is 10.2. The van der Waals surface area contributed by atoms with Crippen molar-refractivity contribution in [1.82, 2.24) is 14.8 Å². The lowest BCUT2D eigenvalue weighted by molar-refractivity contribution is -0.168. The van der Waals surface area contributed by atoms with Crippen molar-refractivity contribution in [2.45, 2.75) is 31.5 Å². The molecule has 1 aromatic heterocycles. The van der Waals surface area contributed by atoms with Gasteiger partial charge in [0.2, 0.25) is 11.7 Å². The van der Waals surface area contributed by atoms with Gasteiger partial charge in [0.1, 0.15) is 17.6 Å². The third kappa shape index (κ3) is 3.92. The Morgan fingerprint density at radius 2 is 2.00 bits per heavy atom. The number of ether oxygens (including phenoxy) is 1. The molecule has 0 bridgehead atoms. The van der Waals surface area contributed by atoms with Gasteiger partial charge in [-0.15, -0.1) is 5.10 Å². The highest BCUT2D eigenvalue weighted by molar-refractivity contribution is 5.95. The molecular formula is C17H18F3N5O3. The molecule has 4 rings (SSSR count). The number of benzene rings is 1. The van der Waals surface area contributed by atoms with E-state index in [0.717, 1.165) is 16.1 Å². The fourth-order valence-electron chi connectivity index (χ4n) is 2.98. The third-order valence-electron chi connectivity index (χ3n) is 4.41. The maximum atomic E-state index is 12.4. The highest BCUT2D eigenvalue weighted by Gasteiger charge is 2.46. The van der Waals surface area contributed by atoms with Crippen LogP contribution in [0.25, 0.3) is 0 Å². The molecular weight excluding hydrogens is 379 g/mol. The van der Waals surface area contributed by atoms with Gasteiger partial charge in [-0.1, -0.05) is 12.1 Å². The van der Waals surface area contributed by atoms with E-state index in [1.807, 2.05) is 24.3 Å². The number of halogens is 3. The Morgan fingerprint density at radius 3 is 2.68 bits per heavy atom. The molecule has 0 radical (unpaired) electrons. The van der Waals surface area contributed by atoms with E-state index in [2.05, 4.69) is 10.1 Å². The van der Waals surface area contributed by atoms with Crippen LogP contribution in [-0.4, -0.2) is 46.4 Å². The molecule has 0 spiro atoms. The van der Waals surface area contributed by atoms with Gasteiger partial charge < -0.3 is 15.4 Å². The summed E-state index contributed by atoms with van der Waals surface area (Å²) in [5, 5.41) is 3.45. The molecule has 0 aliphatic carbocycles. The number of carbonyl (C=O) groups excluding carboxylic acids is 2. The lowest BCUT2D eigenvalue weighted by Crippen LogP contribution is -2.25. The van der Waals surface area contributed by atoms with Gasteiger partial charge in [0.15, 0.2) is 0 Å². The molecule has 8 nitrogen and oxygen atoms in total. The number of nitrogens with zero attached hydrogens (tertiary/aromatic N) is 4. The number of anilines is 1. The maximum Gasteiger partial charge on any atom is 0.410 e. The predicted octanol–water partition coefficient (Wildman–Crippen LogP) is 1.86. The topological polar surface area (TPSA) is 103 Å². The molecule has 2 aliphatic rings. The monoisotopic (exact) mass is 397 g/mol. The fraction of sp³-hybridized carbons (Fsp3) is 0.412. The quantitative estimate of drug-likeness (QED) is 0.791. The Morgan fingerprint density at radius 1 is 1.29 bits per heavy atom. The molecule has 2 N–H and O–H groups in total. The third-order valence-corrected chi connectivity index (χ3v) is 4.41. The van der Waals surface area contributed by atoms with Crippen LogP contribution in [0.2, 0.25) is 0 Å². The standard InChI is InChI=1S/C10H11NO2.C7H7F3N4O/c1-11-8-4-2-3-5-9(8)13-7-6-10(11)12;8-7(9,10)3-1-2-4-12-6(5(11)15)13-14(3)4/h2-5H,6-7H2,1H3;3H,1-2H2,(H2,11,15). The first-order valence-electron chi connectivity index (χ1n) is 8.49. The average Bonchev–Trinajstić information content (AvgIpc) is 3.18. The molecule has 0 fully saturated rings. The molecule has 1 unspecified atom stereocenters. The van der Waals surface area contributed by atoms with E-state index in [4.69, 9.17) is 10.5 Å². The van der Waals surface area contributed by atoms with E-state index in [9.17, 15) is 22.8 Å². The number of aryl methyl sites for hydroxylation is 1. The summed E-state index contributed by atoms with van der Waals surface area (Å²) in [4.78, 5) is 27.4. The summed E-state index contributed by atoms with van der Waals surface area (Å²) >= 11 is 0. The summed E-state index contributed by atoms with van der Waals surface area (Å²) in [6.07, 6.45) is -3.85. The van der Waals surface area contributed by atoms with Crippen molar-refractivity contribution in [3.63, 3.8) is 0 Å². The van der Waals surface area contributed by atoms with Crippen LogP contribution in [0.1, 0.15) is 35.3 Å². The van der Waals surface area contributed by atoms with Gasteiger partial charge in [-0.05, 0) is 18.6 Å². The van der Waals surface area contributed by atoms with Crippen LogP contribution in [0.3, 0.4) is 0 Å². The molecule has 2 aliphatic heterocycles. The number of carbonyl (C=O) groups is 2. The van der Waals surface area contributed by atoms with Crippen molar-refractivity contribution >= 4 is 17.5 Å². The fourth-order valence-corrected chi connectivity index (χ4v) is 2.98. The van der Waals surface area contributed by atoms with Crippen LogP contribution in [0.15, 0.2) is 24.3 Å². The largest absolute Gasteiger partial charge is 0.491 e. The minimum atomic E-state index is -4.37. The summed E-state index contributed by atoms with van der Waals surface area (Å²) < 4.78 is 43.5. The Kier molecular flexibility index (Phi) is 5.25. The SMILES string of the molecule is CN1C(=O)CCOc2ccccc21.NC(=O)c1nc2n(n1)C(C(F)(F)F)CC2. The van der Waals surface area contributed by atoms with E-state index >= 15 is 0 Å². The van der Waals surface area contributed by atoms with Gasteiger partial charge in [-0.3, -0.25) is 9.59 Å². The zero-order chi connectivity index (χ0) is 20.5. The first-order chi connectivity index (χ1) is 13.2. The zero-order valence-electron chi connectivity index (χ0n) is 14.9. The Bertz CT molecular complexity index is 896. The van der Waals surface area contributed by atoms with Gasteiger partial charge in [-0.2, -0.15) is 13.2 Å². The minimum Gasteiger partial charge on any atom is -0.491 e. The van der Waals surface area contributed by atoms with Crippen molar-refractivity contribution in [1.29, 1.82) is 0 Å². The average molecular weight is 397 g/mol. The van der Waals surface area contributed by atoms with Crippen molar-refractivity contribution in [3.05, 3.63) is 35.9 Å². The number of aromatic nitrogens is 3. The number of nitrogens with two attached hydrogens (primary N) is 1. The molecule has 28 heavy (non-hydrogen) atoms. The molecule has 0 saturated carbocycles. The maximum absolute atomic E-state index is 12.4. The summed E-state index contributed by atoms with van der Waals surface area (Å²) in [7, 11) is 1.77. The van der Waals surface area contributed by atoms with Crippen molar-refractivity contribution in [3.8, 4) is 5.75 Å². The number of primary amides is 1. The first kappa shape index (κ1) is 19.6. The van der Waals surface area contributed by atoms with Crippen molar-refractivity contribution in [2.24, 2.45) is 5.73 Å². The molecule has 3 heterocycles.